The second-order valence-electron chi connectivity index (χ2n) is 5.95. The fourth-order valence-corrected chi connectivity index (χ4v) is 3.40. The molecule has 2 saturated heterocycles. The van der Waals surface area contributed by atoms with Crippen molar-refractivity contribution >= 4 is 17.5 Å². The Bertz CT molecular complexity index is 549. The Morgan fingerprint density at radius 3 is 3.00 bits per heavy atom. The van der Waals surface area contributed by atoms with Gasteiger partial charge in [0.15, 0.2) is 0 Å². The Morgan fingerprint density at radius 1 is 1.41 bits per heavy atom. The molecule has 0 saturated carbocycles. The summed E-state index contributed by atoms with van der Waals surface area (Å²) in [4.78, 5) is 30.0. The highest BCUT2D eigenvalue weighted by atomic mass is 16.5. The summed E-state index contributed by atoms with van der Waals surface area (Å²) in [6.45, 7) is 3.50. The van der Waals surface area contributed by atoms with Crippen LogP contribution in [-0.4, -0.2) is 47.5 Å². The van der Waals surface area contributed by atoms with Crippen LogP contribution in [0.2, 0.25) is 0 Å². The highest BCUT2D eigenvalue weighted by molar-refractivity contribution is 5.92. The third-order valence-corrected chi connectivity index (χ3v) is 4.58. The third kappa shape index (κ3) is 3.11. The van der Waals surface area contributed by atoms with Gasteiger partial charge in [-0.05, 0) is 25.0 Å². The predicted octanol–water partition coefficient (Wildman–Crippen LogP) is 1.29. The summed E-state index contributed by atoms with van der Waals surface area (Å²) in [6, 6.07) is 3.62. The van der Waals surface area contributed by atoms with Gasteiger partial charge in [0.1, 0.15) is 0 Å². The summed E-state index contributed by atoms with van der Waals surface area (Å²) in [5.74, 6) is 0.0105. The average Bonchev–Trinajstić information content (AvgIpc) is 2.54. The van der Waals surface area contributed by atoms with Gasteiger partial charge in [-0.15, -0.1) is 0 Å². The molecule has 1 aromatic heterocycles. The van der Waals surface area contributed by atoms with Crippen molar-refractivity contribution in [2.45, 2.75) is 25.9 Å². The lowest BCUT2D eigenvalue weighted by Gasteiger charge is -2.44. The molecule has 22 heavy (non-hydrogen) atoms. The van der Waals surface area contributed by atoms with Crippen LogP contribution in [0.15, 0.2) is 24.5 Å². The van der Waals surface area contributed by atoms with Gasteiger partial charge >= 0.3 is 0 Å². The summed E-state index contributed by atoms with van der Waals surface area (Å²) in [5.41, 5.74) is 0.703. The number of carbonyl (C=O) groups excluding carboxylic acids is 2. The molecule has 2 fully saturated rings. The first-order chi connectivity index (χ1) is 10.6. The van der Waals surface area contributed by atoms with Crippen molar-refractivity contribution in [1.82, 2.24) is 9.88 Å². The first-order valence-corrected chi connectivity index (χ1v) is 7.73. The Hall–Kier alpha value is -1.95. The molecule has 1 N–H and O–H groups in total. The van der Waals surface area contributed by atoms with Crippen molar-refractivity contribution in [3.05, 3.63) is 24.5 Å². The number of aromatic nitrogens is 1. The van der Waals surface area contributed by atoms with Gasteiger partial charge in [-0.2, -0.15) is 0 Å². The van der Waals surface area contributed by atoms with Crippen molar-refractivity contribution in [2.24, 2.45) is 11.8 Å². The van der Waals surface area contributed by atoms with Gasteiger partial charge in [0.25, 0.3) is 0 Å². The summed E-state index contributed by atoms with van der Waals surface area (Å²) < 4.78 is 5.81. The Kier molecular flexibility index (Phi) is 4.38. The van der Waals surface area contributed by atoms with E-state index in [1.165, 1.54) is 0 Å². The minimum atomic E-state index is -0.124. The molecule has 2 aliphatic heterocycles. The second-order valence-corrected chi connectivity index (χ2v) is 5.95. The van der Waals surface area contributed by atoms with Gasteiger partial charge in [-0.1, -0.05) is 0 Å². The number of hydrogen-bond acceptors (Lipinski definition) is 4. The molecule has 0 bridgehead atoms. The number of nitrogens with one attached hydrogen (secondary N) is 1. The van der Waals surface area contributed by atoms with E-state index in [9.17, 15) is 9.59 Å². The van der Waals surface area contributed by atoms with Gasteiger partial charge in [0.05, 0.1) is 18.0 Å². The maximum Gasteiger partial charge on any atom is 0.228 e. The van der Waals surface area contributed by atoms with E-state index in [1.54, 1.807) is 25.4 Å². The van der Waals surface area contributed by atoms with Crippen LogP contribution in [0.5, 0.6) is 0 Å². The molecular formula is C16H21N3O3. The summed E-state index contributed by atoms with van der Waals surface area (Å²) in [7, 11) is 0. The fraction of sp³-hybridized carbons (Fsp3) is 0.562. The molecule has 3 atom stereocenters. The van der Waals surface area contributed by atoms with E-state index in [0.29, 0.717) is 31.8 Å². The van der Waals surface area contributed by atoms with E-state index in [1.807, 2.05) is 11.0 Å². The summed E-state index contributed by atoms with van der Waals surface area (Å²) in [5, 5.41) is 2.93. The van der Waals surface area contributed by atoms with E-state index in [4.69, 9.17) is 4.74 Å². The van der Waals surface area contributed by atoms with E-state index >= 15 is 0 Å². The lowest BCUT2D eigenvalue weighted by atomic mass is 9.79. The molecule has 0 unspecified atom stereocenters. The van der Waals surface area contributed by atoms with E-state index in [2.05, 4.69) is 10.3 Å². The normalized spacial score (nSPS) is 27.9. The van der Waals surface area contributed by atoms with E-state index in [-0.39, 0.29) is 29.8 Å². The van der Waals surface area contributed by atoms with Crippen molar-refractivity contribution in [2.75, 3.05) is 25.0 Å². The van der Waals surface area contributed by atoms with E-state index < -0.39 is 0 Å². The number of likely N-dealkylation sites (tertiary alicyclic amines) is 1. The maximum atomic E-state index is 12.6. The Balaban J connectivity index is 1.71. The molecule has 0 spiro atoms. The van der Waals surface area contributed by atoms with Crippen molar-refractivity contribution in [3.63, 3.8) is 0 Å². The number of pyridine rings is 1. The molecule has 3 heterocycles. The Labute approximate surface area is 129 Å². The number of anilines is 1. The van der Waals surface area contributed by atoms with Crippen LogP contribution in [0.25, 0.3) is 0 Å². The van der Waals surface area contributed by atoms with Gasteiger partial charge < -0.3 is 15.0 Å². The topological polar surface area (TPSA) is 71.5 Å². The lowest BCUT2D eigenvalue weighted by Crippen LogP contribution is -2.53. The van der Waals surface area contributed by atoms with Crippen molar-refractivity contribution in [3.8, 4) is 0 Å². The van der Waals surface area contributed by atoms with Gasteiger partial charge in [0, 0.05) is 44.7 Å². The monoisotopic (exact) mass is 303 g/mol. The van der Waals surface area contributed by atoms with Crippen LogP contribution in [0, 0.1) is 11.8 Å². The molecule has 3 rings (SSSR count). The molecule has 2 aliphatic rings. The minimum Gasteiger partial charge on any atom is -0.378 e. The highest BCUT2D eigenvalue weighted by Gasteiger charge is 2.42. The molecule has 2 amide bonds. The zero-order valence-electron chi connectivity index (χ0n) is 12.7. The highest BCUT2D eigenvalue weighted by Crippen LogP contribution is 2.33. The SMILES string of the molecule is CC(=O)N1CC[C@@H]2OCC[C@H](C(=O)Nc3cccnc3)[C@H]2C1. The number of carbonyl (C=O) groups is 2. The maximum absolute atomic E-state index is 12.6. The number of ether oxygens (including phenoxy) is 1. The second kappa shape index (κ2) is 6.44. The van der Waals surface area contributed by atoms with Gasteiger partial charge in [-0.3, -0.25) is 14.6 Å². The van der Waals surface area contributed by atoms with Crippen LogP contribution in [0.1, 0.15) is 19.8 Å². The average molecular weight is 303 g/mol. The summed E-state index contributed by atoms with van der Waals surface area (Å²) >= 11 is 0. The van der Waals surface area contributed by atoms with E-state index in [0.717, 1.165) is 6.42 Å². The standard InChI is InChI=1S/C16H21N3O3/c1-11(20)19-7-4-15-14(10-19)13(5-8-22-15)16(21)18-12-3-2-6-17-9-12/h2-3,6,9,13-15H,4-5,7-8,10H2,1H3,(H,18,21)/t13-,14+,15-/m0/s1. The zero-order chi connectivity index (χ0) is 15.5. The molecule has 6 heteroatoms. The van der Waals surface area contributed by atoms with Crippen LogP contribution in [-0.2, 0) is 14.3 Å². The molecule has 6 nitrogen and oxygen atoms in total. The zero-order valence-corrected chi connectivity index (χ0v) is 12.7. The fourth-order valence-electron chi connectivity index (χ4n) is 3.40. The largest absolute Gasteiger partial charge is 0.378 e. The van der Waals surface area contributed by atoms with Crippen LogP contribution < -0.4 is 5.32 Å². The number of amides is 2. The van der Waals surface area contributed by atoms with Crippen molar-refractivity contribution in [1.29, 1.82) is 0 Å². The van der Waals surface area contributed by atoms with Crippen LogP contribution in [0.3, 0.4) is 0 Å². The van der Waals surface area contributed by atoms with Gasteiger partial charge in [0.2, 0.25) is 11.8 Å². The first-order valence-electron chi connectivity index (χ1n) is 7.73. The number of fused-ring (bicyclic) bond motifs is 1. The predicted molar refractivity (Wildman–Crippen MR) is 81.1 cm³/mol. The first kappa shape index (κ1) is 15.0. The van der Waals surface area contributed by atoms with Crippen LogP contribution in [0.4, 0.5) is 5.69 Å². The van der Waals surface area contributed by atoms with Gasteiger partial charge in [-0.25, -0.2) is 0 Å². The number of nitrogens with zero attached hydrogens (tertiary/aromatic N) is 2. The quantitative estimate of drug-likeness (QED) is 0.894. The lowest BCUT2D eigenvalue weighted by molar-refractivity contribution is -0.146. The van der Waals surface area contributed by atoms with Crippen LogP contribution >= 0.6 is 0 Å². The number of piperidine rings is 1. The Morgan fingerprint density at radius 2 is 2.27 bits per heavy atom. The molecular weight excluding hydrogens is 282 g/mol. The third-order valence-electron chi connectivity index (χ3n) is 4.58. The summed E-state index contributed by atoms with van der Waals surface area (Å²) in [6.07, 6.45) is 4.89. The van der Waals surface area contributed by atoms with Crippen molar-refractivity contribution < 1.29 is 14.3 Å². The molecule has 0 aliphatic carbocycles. The minimum absolute atomic E-state index is 0.00305. The molecule has 1 aromatic rings. The number of hydrogen-bond donors (Lipinski definition) is 1. The molecule has 118 valence electrons. The number of rotatable bonds is 2. The molecule has 0 aromatic carbocycles. The molecule has 0 radical (unpaired) electrons. The smallest absolute Gasteiger partial charge is 0.228 e.